The number of carboxylic acid groups (broad SMARTS) is 1. The Labute approximate surface area is 80.7 Å². The Balaban J connectivity index is 2.25. The van der Waals surface area contributed by atoms with Gasteiger partial charge in [-0.1, -0.05) is 0 Å². The number of anilines is 1. The Kier molecular flexibility index (Phi) is 3.66. The molecule has 0 unspecified atom stereocenters. The first-order chi connectivity index (χ1) is 6.68. The third-order valence-corrected chi connectivity index (χ3v) is 1.45. The lowest BCUT2D eigenvalue weighted by Gasteiger charge is -2.03. The van der Waals surface area contributed by atoms with E-state index >= 15 is 0 Å². The average Bonchev–Trinajstić information content (AvgIpc) is 2.15. The molecule has 0 bridgehead atoms. The van der Waals surface area contributed by atoms with Crippen LogP contribution in [-0.4, -0.2) is 27.7 Å². The molecule has 6 nitrogen and oxygen atoms in total. The Morgan fingerprint density at radius 2 is 2.14 bits per heavy atom. The molecule has 0 aromatic carbocycles. The zero-order valence-corrected chi connectivity index (χ0v) is 7.51. The first-order valence-corrected chi connectivity index (χ1v) is 4.10. The summed E-state index contributed by atoms with van der Waals surface area (Å²) in [6.45, 7) is 0.333. The summed E-state index contributed by atoms with van der Waals surface area (Å²) in [4.78, 5) is 17.6. The highest BCUT2D eigenvalue weighted by molar-refractivity contribution is 5.66. The van der Waals surface area contributed by atoms with Gasteiger partial charge in [-0.05, 0) is 6.42 Å². The Hall–Kier alpha value is -1.85. The molecular formula is C8H11N3O3. The maximum Gasteiger partial charge on any atom is 0.303 e. The topological polar surface area (TPSA) is 98.3 Å². The number of hydrogen-bond donors (Lipinski definition) is 2. The van der Waals surface area contributed by atoms with E-state index in [1.165, 1.54) is 12.4 Å². The Morgan fingerprint density at radius 3 is 2.71 bits per heavy atom. The van der Waals surface area contributed by atoms with E-state index in [9.17, 15) is 4.79 Å². The molecule has 0 aliphatic rings. The molecule has 1 aromatic rings. The molecule has 0 atom stereocenters. The van der Waals surface area contributed by atoms with Crippen LogP contribution in [0.25, 0.3) is 0 Å². The van der Waals surface area contributed by atoms with Crippen molar-refractivity contribution in [3.8, 4) is 5.75 Å². The van der Waals surface area contributed by atoms with Crippen LogP contribution in [0, 0.1) is 0 Å². The van der Waals surface area contributed by atoms with E-state index in [1.54, 1.807) is 0 Å². The lowest BCUT2D eigenvalue weighted by atomic mass is 10.3. The van der Waals surface area contributed by atoms with Gasteiger partial charge in [0, 0.05) is 6.42 Å². The summed E-state index contributed by atoms with van der Waals surface area (Å²) in [7, 11) is 0. The fourth-order valence-electron chi connectivity index (χ4n) is 0.814. The molecule has 1 rings (SSSR count). The second-order valence-electron chi connectivity index (χ2n) is 2.62. The summed E-state index contributed by atoms with van der Waals surface area (Å²) in [6.07, 6.45) is 3.45. The summed E-state index contributed by atoms with van der Waals surface area (Å²) in [6, 6.07) is 0. The third-order valence-electron chi connectivity index (χ3n) is 1.45. The molecule has 0 radical (unpaired) electrons. The SMILES string of the molecule is Nc1ncc(OCCCC(=O)O)cn1. The van der Waals surface area contributed by atoms with Crippen LogP contribution in [0.3, 0.4) is 0 Å². The van der Waals surface area contributed by atoms with Gasteiger partial charge in [0.2, 0.25) is 5.95 Å². The average molecular weight is 197 g/mol. The van der Waals surface area contributed by atoms with Crippen molar-refractivity contribution in [2.75, 3.05) is 12.3 Å². The van der Waals surface area contributed by atoms with Crippen LogP contribution < -0.4 is 10.5 Å². The molecule has 1 heterocycles. The van der Waals surface area contributed by atoms with Gasteiger partial charge in [-0.3, -0.25) is 4.79 Å². The minimum Gasteiger partial charge on any atom is -0.490 e. The van der Waals surface area contributed by atoms with E-state index in [0.29, 0.717) is 18.8 Å². The van der Waals surface area contributed by atoms with Crippen molar-refractivity contribution in [1.82, 2.24) is 9.97 Å². The molecule has 3 N–H and O–H groups in total. The lowest BCUT2D eigenvalue weighted by molar-refractivity contribution is -0.137. The minimum absolute atomic E-state index is 0.0931. The van der Waals surface area contributed by atoms with Gasteiger partial charge >= 0.3 is 5.97 Å². The smallest absolute Gasteiger partial charge is 0.303 e. The van der Waals surface area contributed by atoms with Gasteiger partial charge < -0.3 is 15.6 Å². The molecule has 14 heavy (non-hydrogen) atoms. The maximum atomic E-state index is 10.2. The number of carboxylic acids is 1. The van der Waals surface area contributed by atoms with E-state index in [-0.39, 0.29) is 12.4 Å². The molecule has 0 aliphatic heterocycles. The predicted molar refractivity (Wildman–Crippen MR) is 48.8 cm³/mol. The summed E-state index contributed by atoms with van der Waals surface area (Å²) in [5, 5.41) is 8.35. The fourth-order valence-corrected chi connectivity index (χ4v) is 0.814. The van der Waals surface area contributed by atoms with E-state index < -0.39 is 5.97 Å². The predicted octanol–water partition coefficient (Wildman–Crippen LogP) is 0.302. The molecule has 0 fully saturated rings. The number of aromatic nitrogens is 2. The number of rotatable bonds is 5. The highest BCUT2D eigenvalue weighted by Crippen LogP contribution is 2.07. The van der Waals surface area contributed by atoms with Gasteiger partial charge in [0.15, 0.2) is 5.75 Å². The standard InChI is InChI=1S/C8H11N3O3/c9-8-10-4-6(5-11-8)14-3-1-2-7(12)13/h4-5H,1-3H2,(H,12,13)(H2,9,10,11). The zero-order valence-electron chi connectivity index (χ0n) is 7.51. The summed E-state index contributed by atoms with van der Waals surface area (Å²) in [5.74, 6) is -0.158. The van der Waals surface area contributed by atoms with Crippen LogP contribution in [0.5, 0.6) is 5.75 Å². The number of nitrogens with two attached hydrogens (primary N) is 1. The van der Waals surface area contributed by atoms with Crippen LogP contribution in [0.4, 0.5) is 5.95 Å². The zero-order chi connectivity index (χ0) is 10.4. The fraction of sp³-hybridized carbons (Fsp3) is 0.375. The normalized spacial score (nSPS) is 9.71. The molecule has 1 aromatic heterocycles. The quantitative estimate of drug-likeness (QED) is 0.659. The second-order valence-corrected chi connectivity index (χ2v) is 2.62. The van der Waals surface area contributed by atoms with Crippen LogP contribution >= 0.6 is 0 Å². The number of hydrogen-bond acceptors (Lipinski definition) is 5. The molecule has 6 heteroatoms. The molecule has 0 aliphatic carbocycles. The van der Waals surface area contributed by atoms with Crippen LogP contribution in [0.2, 0.25) is 0 Å². The molecular weight excluding hydrogens is 186 g/mol. The summed E-state index contributed by atoms with van der Waals surface area (Å²) < 4.78 is 5.17. The van der Waals surface area contributed by atoms with Crippen molar-refractivity contribution in [1.29, 1.82) is 0 Å². The van der Waals surface area contributed by atoms with Gasteiger partial charge in [-0.15, -0.1) is 0 Å². The van der Waals surface area contributed by atoms with Crippen molar-refractivity contribution in [3.63, 3.8) is 0 Å². The number of nitrogen functional groups attached to an aromatic ring is 1. The van der Waals surface area contributed by atoms with E-state index in [4.69, 9.17) is 15.6 Å². The highest BCUT2D eigenvalue weighted by Gasteiger charge is 1.98. The van der Waals surface area contributed by atoms with Crippen LogP contribution in [0.15, 0.2) is 12.4 Å². The minimum atomic E-state index is -0.831. The molecule has 0 spiro atoms. The van der Waals surface area contributed by atoms with E-state index in [0.717, 1.165) is 0 Å². The van der Waals surface area contributed by atoms with Crippen LogP contribution in [-0.2, 0) is 4.79 Å². The van der Waals surface area contributed by atoms with E-state index in [1.807, 2.05) is 0 Å². The molecule has 0 amide bonds. The molecule has 0 saturated heterocycles. The summed E-state index contributed by atoms with van der Waals surface area (Å²) >= 11 is 0. The molecule has 0 saturated carbocycles. The number of nitrogens with zero attached hydrogens (tertiary/aromatic N) is 2. The van der Waals surface area contributed by atoms with Crippen molar-refractivity contribution in [3.05, 3.63) is 12.4 Å². The van der Waals surface area contributed by atoms with Gasteiger partial charge in [0.05, 0.1) is 19.0 Å². The van der Waals surface area contributed by atoms with Gasteiger partial charge in [0.25, 0.3) is 0 Å². The number of ether oxygens (including phenoxy) is 1. The first-order valence-electron chi connectivity index (χ1n) is 4.10. The van der Waals surface area contributed by atoms with Crippen molar-refractivity contribution < 1.29 is 14.6 Å². The van der Waals surface area contributed by atoms with Crippen molar-refractivity contribution in [2.24, 2.45) is 0 Å². The summed E-state index contributed by atoms with van der Waals surface area (Å²) in [5.41, 5.74) is 5.27. The molecule has 76 valence electrons. The highest BCUT2D eigenvalue weighted by atomic mass is 16.5. The van der Waals surface area contributed by atoms with Crippen molar-refractivity contribution in [2.45, 2.75) is 12.8 Å². The Morgan fingerprint density at radius 1 is 1.50 bits per heavy atom. The van der Waals surface area contributed by atoms with Gasteiger partial charge in [0.1, 0.15) is 0 Å². The maximum absolute atomic E-state index is 10.2. The van der Waals surface area contributed by atoms with Gasteiger partial charge in [-0.2, -0.15) is 0 Å². The number of aliphatic carboxylic acids is 1. The lowest BCUT2D eigenvalue weighted by Crippen LogP contribution is -2.03. The first kappa shape index (κ1) is 10.2. The third kappa shape index (κ3) is 3.70. The monoisotopic (exact) mass is 197 g/mol. The van der Waals surface area contributed by atoms with Crippen molar-refractivity contribution >= 4 is 11.9 Å². The largest absolute Gasteiger partial charge is 0.490 e. The van der Waals surface area contributed by atoms with E-state index in [2.05, 4.69) is 9.97 Å². The van der Waals surface area contributed by atoms with Crippen LogP contribution in [0.1, 0.15) is 12.8 Å². The number of carbonyl (C=O) groups is 1. The Bertz CT molecular complexity index is 299. The second kappa shape index (κ2) is 5.00. The van der Waals surface area contributed by atoms with Gasteiger partial charge in [-0.25, -0.2) is 9.97 Å².